The maximum atomic E-state index is 11.6. The summed E-state index contributed by atoms with van der Waals surface area (Å²) in [4.78, 5) is 23.1. The Morgan fingerprint density at radius 1 is 1.28 bits per heavy atom. The van der Waals surface area contributed by atoms with Gasteiger partial charge in [-0.25, -0.2) is 0 Å². The highest BCUT2D eigenvalue weighted by atomic mass is 32.2. The summed E-state index contributed by atoms with van der Waals surface area (Å²) in [7, 11) is -1.01. The number of carboxylic acids is 1. The predicted molar refractivity (Wildman–Crippen MR) is 65.1 cm³/mol. The Morgan fingerprint density at radius 3 is 2.28 bits per heavy atom. The standard InChI is InChI=1S/C9H19N3O5S/c1-4-11(2)8(13)7-10-18(16,17)12(3)6-5-9(14)15/h10H,4-7H2,1-3H3,(H,14,15). The van der Waals surface area contributed by atoms with Crippen molar-refractivity contribution < 1.29 is 23.1 Å². The van der Waals surface area contributed by atoms with Crippen LogP contribution in [0.3, 0.4) is 0 Å². The third kappa shape index (κ3) is 5.94. The van der Waals surface area contributed by atoms with Crippen LogP contribution in [0.5, 0.6) is 0 Å². The van der Waals surface area contributed by atoms with Gasteiger partial charge in [0.15, 0.2) is 0 Å². The van der Waals surface area contributed by atoms with Crippen molar-refractivity contribution in [1.29, 1.82) is 0 Å². The molecule has 8 nitrogen and oxygen atoms in total. The molecule has 0 spiro atoms. The molecule has 2 N–H and O–H groups in total. The summed E-state index contributed by atoms with van der Waals surface area (Å²) in [5.41, 5.74) is 0. The highest BCUT2D eigenvalue weighted by Gasteiger charge is 2.19. The Balaban J connectivity index is 4.30. The predicted octanol–water partition coefficient (Wildman–Crippen LogP) is -1.29. The van der Waals surface area contributed by atoms with Crippen molar-refractivity contribution >= 4 is 22.1 Å². The van der Waals surface area contributed by atoms with Crippen molar-refractivity contribution in [2.45, 2.75) is 13.3 Å². The van der Waals surface area contributed by atoms with Crippen molar-refractivity contribution in [2.24, 2.45) is 0 Å². The van der Waals surface area contributed by atoms with Crippen LogP contribution in [0.25, 0.3) is 0 Å². The lowest BCUT2D eigenvalue weighted by Crippen LogP contribution is -2.44. The molecule has 0 aliphatic carbocycles. The van der Waals surface area contributed by atoms with E-state index in [1.165, 1.54) is 11.9 Å². The van der Waals surface area contributed by atoms with Gasteiger partial charge in [0.25, 0.3) is 10.2 Å². The molecule has 0 fully saturated rings. The van der Waals surface area contributed by atoms with E-state index >= 15 is 0 Å². The number of nitrogens with zero attached hydrogens (tertiary/aromatic N) is 2. The van der Waals surface area contributed by atoms with Gasteiger partial charge < -0.3 is 10.0 Å². The summed E-state index contributed by atoms with van der Waals surface area (Å²) in [5, 5.41) is 8.45. The highest BCUT2D eigenvalue weighted by Crippen LogP contribution is 1.96. The molecule has 106 valence electrons. The quantitative estimate of drug-likeness (QED) is 0.575. The molecule has 9 heteroatoms. The van der Waals surface area contributed by atoms with E-state index < -0.39 is 16.2 Å². The fourth-order valence-electron chi connectivity index (χ4n) is 0.948. The molecule has 0 bridgehead atoms. The Morgan fingerprint density at radius 2 is 1.83 bits per heavy atom. The van der Waals surface area contributed by atoms with Crippen molar-refractivity contribution in [2.75, 3.05) is 33.7 Å². The van der Waals surface area contributed by atoms with Crippen LogP contribution in [-0.2, 0) is 19.8 Å². The van der Waals surface area contributed by atoms with Crippen LogP contribution in [0.4, 0.5) is 0 Å². The topological polar surface area (TPSA) is 107 Å². The molecule has 18 heavy (non-hydrogen) atoms. The minimum absolute atomic E-state index is 0.150. The fraction of sp³-hybridized carbons (Fsp3) is 0.778. The number of hydrogen-bond donors (Lipinski definition) is 2. The summed E-state index contributed by atoms with van der Waals surface area (Å²) >= 11 is 0. The third-order valence-electron chi connectivity index (χ3n) is 2.36. The van der Waals surface area contributed by atoms with E-state index in [1.54, 1.807) is 14.0 Å². The number of carbonyl (C=O) groups is 2. The molecule has 0 atom stereocenters. The summed E-state index contributed by atoms with van der Waals surface area (Å²) in [6, 6.07) is 0. The average Bonchev–Trinajstić information content (AvgIpc) is 2.31. The van der Waals surface area contributed by atoms with Crippen LogP contribution >= 0.6 is 0 Å². The number of carbonyl (C=O) groups excluding carboxylic acids is 1. The first kappa shape index (κ1) is 16.8. The number of rotatable bonds is 8. The fourth-order valence-corrected chi connectivity index (χ4v) is 1.81. The van der Waals surface area contributed by atoms with Gasteiger partial charge >= 0.3 is 5.97 Å². The molecule has 0 saturated carbocycles. The lowest BCUT2D eigenvalue weighted by atomic mass is 10.4. The zero-order chi connectivity index (χ0) is 14.3. The minimum Gasteiger partial charge on any atom is -0.481 e. The van der Waals surface area contributed by atoms with E-state index in [1.807, 2.05) is 0 Å². The Kier molecular flexibility index (Phi) is 6.81. The second-order valence-corrected chi connectivity index (χ2v) is 5.56. The van der Waals surface area contributed by atoms with E-state index in [9.17, 15) is 18.0 Å². The van der Waals surface area contributed by atoms with Gasteiger partial charge in [0, 0.05) is 27.2 Å². The SMILES string of the molecule is CCN(C)C(=O)CNS(=O)(=O)N(C)CCC(=O)O. The summed E-state index contributed by atoms with van der Waals surface area (Å²) in [6.45, 7) is 1.76. The van der Waals surface area contributed by atoms with E-state index in [2.05, 4.69) is 4.72 Å². The molecule has 0 rings (SSSR count). The summed E-state index contributed by atoms with van der Waals surface area (Å²) < 4.78 is 26.2. The molecule has 0 heterocycles. The van der Waals surface area contributed by atoms with Crippen LogP contribution < -0.4 is 4.72 Å². The van der Waals surface area contributed by atoms with Gasteiger partial charge in [-0.2, -0.15) is 17.4 Å². The maximum Gasteiger partial charge on any atom is 0.304 e. The molecular formula is C9H19N3O5S. The van der Waals surface area contributed by atoms with Crippen LogP contribution in [-0.4, -0.2) is 68.3 Å². The van der Waals surface area contributed by atoms with Crippen LogP contribution in [0, 0.1) is 0 Å². The van der Waals surface area contributed by atoms with Crippen molar-refractivity contribution in [1.82, 2.24) is 13.9 Å². The molecule has 0 aliphatic rings. The van der Waals surface area contributed by atoms with Gasteiger partial charge in [0.1, 0.15) is 0 Å². The van der Waals surface area contributed by atoms with Gasteiger partial charge in [0.2, 0.25) is 5.91 Å². The minimum atomic E-state index is -3.82. The Bertz CT molecular complexity index is 395. The van der Waals surface area contributed by atoms with Crippen LogP contribution in [0.2, 0.25) is 0 Å². The molecule has 1 amide bonds. The van der Waals surface area contributed by atoms with Gasteiger partial charge in [-0.05, 0) is 6.92 Å². The van der Waals surface area contributed by atoms with Crippen molar-refractivity contribution in [3.63, 3.8) is 0 Å². The third-order valence-corrected chi connectivity index (χ3v) is 3.87. The van der Waals surface area contributed by atoms with E-state index in [-0.39, 0.29) is 25.4 Å². The van der Waals surface area contributed by atoms with Gasteiger partial charge in [0.05, 0.1) is 13.0 Å². The number of carboxylic acid groups (broad SMARTS) is 1. The van der Waals surface area contributed by atoms with E-state index in [0.29, 0.717) is 6.54 Å². The van der Waals surface area contributed by atoms with E-state index in [4.69, 9.17) is 5.11 Å². The molecule has 0 unspecified atom stereocenters. The van der Waals surface area contributed by atoms with Gasteiger partial charge in [-0.3, -0.25) is 9.59 Å². The maximum absolute atomic E-state index is 11.6. The van der Waals surface area contributed by atoms with Gasteiger partial charge in [-0.15, -0.1) is 0 Å². The Hall–Kier alpha value is -1.19. The van der Waals surface area contributed by atoms with Crippen LogP contribution in [0.15, 0.2) is 0 Å². The molecule has 0 radical (unpaired) electrons. The second kappa shape index (κ2) is 7.29. The van der Waals surface area contributed by atoms with Crippen molar-refractivity contribution in [3.05, 3.63) is 0 Å². The highest BCUT2D eigenvalue weighted by molar-refractivity contribution is 7.87. The number of likely N-dealkylation sites (N-methyl/N-ethyl adjacent to an activating group) is 1. The molecular weight excluding hydrogens is 262 g/mol. The number of hydrogen-bond acceptors (Lipinski definition) is 4. The first-order valence-corrected chi connectivity index (χ1v) is 6.81. The molecule has 0 aromatic rings. The molecule has 0 aromatic carbocycles. The van der Waals surface area contributed by atoms with E-state index in [0.717, 1.165) is 4.31 Å². The smallest absolute Gasteiger partial charge is 0.304 e. The lowest BCUT2D eigenvalue weighted by Gasteiger charge is -2.18. The summed E-state index contributed by atoms with van der Waals surface area (Å²) in [5.74, 6) is -1.44. The first-order chi connectivity index (χ1) is 8.20. The normalized spacial score (nSPS) is 11.6. The Labute approximate surface area is 107 Å². The number of aliphatic carboxylic acids is 1. The number of nitrogens with one attached hydrogen (secondary N) is 1. The summed E-state index contributed by atoms with van der Waals surface area (Å²) in [6.07, 6.45) is -0.291. The molecule has 0 saturated heterocycles. The average molecular weight is 281 g/mol. The monoisotopic (exact) mass is 281 g/mol. The van der Waals surface area contributed by atoms with Crippen LogP contribution in [0.1, 0.15) is 13.3 Å². The zero-order valence-electron chi connectivity index (χ0n) is 10.7. The number of amides is 1. The largest absolute Gasteiger partial charge is 0.481 e. The second-order valence-electron chi connectivity index (χ2n) is 3.70. The molecule has 0 aromatic heterocycles. The molecule has 0 aliphatic heterocycles. The van der Waals surface area contributed by atoms with Crippen molar-refractivity contribution in [3.8, 4) is 0 Å². The zero-order valence-corrected chi connectivity index (χ0v) is 11.5. The first-order valence-electron chi connectivity index (χ1n) is 5.37. The lowest BCUT2D eigenvalue weighted by molar-refractivity contribution is -0.137. The van der Waals surface area contributed by atoms with Gasteiger partial charge in [-0.1, -0.05) is 0 Å².